The quantitative estimate of drug-likeness (QED) is 0.505. The second-order valence-corrected chi connectivity index (χ2v) is 7.40. The molecule has 108 valence electrons. The molecule has 0 bridgehead atoms. The van der Waals surface area contributed by atoms with Gasteiger partial charge >= 0.3 is 0 Å². The van der Waals surface area contributed by atoms with Gasteiger partial charge in [-0.25, -0.2) is 0 Å². The van der Waals surface area contributed by atoms with Gasteiger partial charge in [-0.15, -0.1) is 0 Å². The molecule has 0 saturated heterocycles. The van der Waals surface area contributed by atoms with Crippen molar-refractivity contribution in [2.45, 2.75) is 46.1 Å². The average Bonchev–Trinajstić information content (AvgIpc) is 2.36. The molecule has 0 unspecified atom stereocenters. The van der Waals surface area contributed by atoms with Crippen LogP contribution < -0.4 is 5.56 Å². The Morgan fingerprint density at radius 3 is 2.26 bits per heavy atom. The fourth-order valence-electron chi connectivity index (χ4n) is 2.56. The molecule has 5 heteroatoms. The lowest BCUT2D eigenvalue weighted by molar-refractivity contribution is 0.230. The molecule has 0 aromatic carbocycles. The molecule has 0 aliphatic carbocycles. The van der Waals surface area contributed by atoms with Gasteiger partial charge in [0, 0.05) is 22.5 Å². The van der Waals surface area contributed by atoms with E-state index in [1.54, 1.807) is 6.07 Å². The van der Waals surface area contributed by atoms with Crippen molar-refractivity contribution >= 4 is 47.8 Å². The summed E-state index contributed by atoms with van der Waals surface area (Å²) in [5, 5.41) is 0.929. The normalized spacial score (nSPS) is 11.8. The molecule has 19 heavy (non-hydrogen) atoms. The van der Waals surface area contributed by atoms with Gasteiger partial charge in [-0.2, -0.15) is 0 Å². The lowest BCUT2D eigenvalue weighted by Crippen LogP contribution is -2.34. The molecular weight excluding hydrogens is 438 g/mol. The van der Waals surface area contributed by atoms with Gasteiger partial charge in [-0.1, -0.05) is 42.6 Å². The molecule has 0 aliphatic rings. The second-order valence-electron chi connectivity index (χ2n) is 5.07. The predicted molar refractivity (Wildman–Crippen MR) is 92.1 cm³/mol. The van der Waals surface area contributed by atoms with Gasteiger partial charge < -0.3 is 4.57 Å². The van der Waals surface area contributed by atoms with Crippen molar-refractivity contribution in [3.63, 3.8) is 0 Å². The smallest absolute Gasteiger partial charge is 0.264 e. The van der Waals surface area contributed by atoms with E-state index in [0.29, 0.717) is 4.47 Å². The first-order chi connectivity index (χ1) is 8.98. The number of hydrogen-bond donors (Lipinski definition) is 0. The van der Waals surface area contributed by atoms with Crippen LogP contribution in [0.15, 0.2) is 26.0 Å². The van der Waals surface area contributed by atoms with E-state index in [1.807, 2.05) is 10.8 Å². The van der Waals surface area contributed by atoms with Crippen LogP contribution in [0.3, 0.4) is 0 Å². The predicted octanol–water partition coefficient (Wildman–Crippen LogP) is 5.35. The van der Waals surface area contributed by atoms with Crippen molar-refractivity contribution in [2.24, 2.45) is 5.41 Å². The zero-order chi connectivity index (χ0) is 14.5. The topological polar surface area (TPSA) is 22.0 Å². The molecule has 0 aliphatic heterocycles. The van der Waals surface area contributed by atoms with Gasteiger partial charge in [0.15, 0.2) is 0 Å². The first kappa shape index (κ1) is 17.4. The third-order valence-corrected chi connectivity index (χ3v) is 5.55. The van der Waals surface area contributed by atoms with Crippen molar-refractivity contribution in [1.82, 2.24) is 4.57 Å². The van der Waals surface area contributed by atoms with E-state index in [-0.39, 0.29) is 11.0 Å². The number of pyridine rings is 1. The second kappa shape index (κ2) is 7.99. The largest absolute Gasteiger partial charge is 0.313 e. The maximum Gasteiger partial charge on any atom is 0.264 e. The Bertz CT molecular complexity index is 464. The minimum absolute atomic E-state index is 0.0423. The Balaban J connectivity index is 3.12. The fraction of sp³-hybridized carbons (Fsp3) is 0.643. The molecule has 1 heterocycles. The summed E-state index contributed by atoms with van der Waals surface area (Å²) < 4.78 is 3.36. The summed E-state index contributed by atoms with van der Waals surface area (Å²) in [6, 6.07) is 1.80. The zero-order valence-electron chi connectivity index (χ0n) is 11.4. The third-order valence-electron chi connectivity index (χ3n) is 3.36. The van der Waals surface area contributed by atoms with Gasteiger partial charge in [0.1, 0.15) is 0 Å². The monoisotopic (exact) mass is 455 g/mol. The highest BCUT2D eigenvalue weighted by molar-refractivity contribution is 9.11. The summed E-state index contributed by atoms with van der Waals surface area (Å²) in [6.45, 7) is 5.16. The summed E-state index contributed by atoms with van der Waals surface area (Å²) in [5.41, 5.74) is 0.203. The minimum atomic E-state index is 0.0423. The Morgan fingerprint density at radius 2 is 1.79 bits per heavy atom. The molecule has 1 aromatic rings. The van der Waals surface area contributed by atoms with Crippen molar-refractivity contribution in [1.29, 1.82) is 0 Å². The molecule has 0 fully saturated rings. The molecule has 1 rings (SSSR count). The number of rotatable bonds is 7. The SMILES string of the molecule is CCCC(CBr)(CCC)Cn1cc(Br)cc(Br)c1=O. The maximum absolute atomic E-state index is 12.2. The fourth-order valence-corrected chi connectivity index (χ4v) is 4.56. The molecule has 0 N–H and O–H groups in total. The van der Waals surface area contributed by atoms with Crippen molar-refractivity contribution in [3.8, 4) is 0 Å². The standard InChI is InChI=1S/C14H20Br3NO/c1-3-5-14(9-15,6-4-2)10-18-8-11(16)7-12(17)13(18)19/h7-8H,3-6,9-10H2,1-2H3. The summed E-state index contributed by atoms with van der Waals surface area (Å²) in [6.07, 6.45) is 6.41. The summed E-state index contributed by atoms with van der Waals surface area (Å²) >= 11 is 10.4. The Labute approximate surface area is 140 Å². The van der Waals surface area contributed by atoms with Crippen LogP contribution in [0.25, 0.3) is 0 Å². The van der Waals surface area contributed by atoms with E-state index in [4.69, 9.17) is 0 Å². The number of alkyl halides is 1. The van der Waals surface area contributed by atoms with Crippen molar-refractivity contribution < 1.29 is 0 Å². The zero-order valence-corrected chi connectivity index (χ0v) is 16.1. The summed E-state index contributed by atoms with van der Waals surface area (Å²) in [7, 11) is 0. The van der Waals surface area contributed by atoms with Gasteiger partial charge in [0.05, 0.1) is 4.47 Å². The molecule has 0 atom stereocenters. The number of aromatic nitrogens is 1. The van der Waals surface area contributed by atoms with Crippen LogP contribution in [-0.4, -0.2) is 9.90 Å². The van der Waals surface area contributed by atoms with Gasteiger partial charge in [-0.05, 0) is 56.2 Å². The molecule has 0 radical (unpaired) electrons. The van der Waals surface area contributed by atoms with E-state index in [9.17, 15) is 4.79 Å². The highest BCUT2D eigenvalue weighted by atomic mass is 79.9. The van der Waals surface area contributed by atoms with Crippen LogP contribution in [0.2, 0.25) is 0 Å². The minimum Gasteiger partial charge on any atom is -0.313 e. The first-order valence-corrected chi connectivity index (χ1v) is 9.30. The van der Waals surface area contributed by atoms with Gasteiger partial charge in [0.25, 0.3) is 5.56 Å². The average molecular weight is 458 g/mol. The molecule has 1 aromatic heterocycles. The number of nitrogens with zero attached hydrogens (tertiary/aromatic N) is 1. The number of halogens is 3. The van der Waals surface area contributed by atoms with E-state index in [2.05, 4.69) is 61.6 Å². The molecular formula is C14H20Br3NO. The van der Waals surface area contributed by atoms with Crippen LogP contribution in [0.4, 0.5) is 0 Å². The van der Waals surface area contributed by atoms with E-state index in [0.717, 1.165) is 42.0 Å². The van der Waals surface area contributed by atoms with Gasteiger partial charge in [-0.3, -0.25) is 4.79 Å². The lowest BCUT2D eigenvalue weighted by atomic mass is 9.81. The maximum atomic E-state index is 12.2. The molecule has 0 spiro atoms. The van der Waals surface area contributed by atoms with Crippen molar-refractivity contribution in [2.75, 3.05) is 5.33 Å². The molecule has 2 nitrogen and oxygen atoms in total. The van der Waals surface area contributed by atoms with E-state index < -0.39 is 0 Å². The van der Waals surface area contributed by atoms with Crippen LogP contribution in [0.5, 0.6) is 0 Å². The summed E-state index contributed by atoms with van der Waals surface area (Å²) in [5.74, 6) is 0. The Kier molecular flexibility index (Phi) is 7.33. The van der Waals surface area contributed by atoms with Crippen LogP contribution in [0, 0.1) is 5.41 Å². The van der Waals surface area contributed by atoms with Crippen LogP contribution in [-0.2, 0) is 6.54 Å². The van der Waals surface area contributed by atoms with Crippen LogP contribution in [0.1, 0.15) is 39.5 Å². The van der Waals surface area contributed by atoms with Gasteiger partial charge in [0.2, 0.25) is 0 Å². The highest BCUT2D eigenvalue weighted by Crippen LogP contribution is 2.34. The molecule has 0 amide bonds. The van der Waals surface area contributed by atoms with E-state index >= 15 is 0 Å². The summed E-state index contributed by atoms with van der Waals surface area (Å²) in [4.78, 5) is 12.2. The number of hydrogen-bond acceptors (Lipinski definition) is 1. The molecule has 0 saturated carbocycles. The van der Waals surface area contributed by atoms with E-state index in [1.165, 1.54) is 0 Å². The first-order valence-electron chi connectivity index (χ1n) is 6.59. The Hall–Kier alpha value is 0.390. The third kappa shape index (κ3) is 4.71. The van der Waals surface area contributed by atoms with Crippen LogP contribution >= 0.6 is 47.8 Å². The lowest BCUT2D eigenvalue weighted by Gasteiger charge is -2.32. The Morgan fingerprint density at radius 1 is 1.21 bits per heavy atom. The highest BCUT2D eigenvalue weighted by Gasteiger charge is 2.28. The van der Waals surface area contributed by atoms with Crippen molar-refractivity contribution in [3.05, 3.63) is 31.6 Å².